The molecule has 3 atom stereocenters. The fraction of sp³-hybridized carbons (Fsp3) is 0.857. The van der Waals surface area contributed by atoms with Crippen molar-refractivity contribution in [3.8, 4) is 0 Å². The Morgan fingerprint density at radius 2 is 2.50 bits per heavy atom. The minimum Gasteiger partial charge on any atom is -0.457 e. The molecule has 0 aromatic heterocycles. The lowest BCUT2D eigenvalue weighted by molar-refractivity contribution is -0.167. The Balaban J connectivity index is 2.40. The van der Waals surface area contributed by atoms with E-state index in [0.717, 1.165) is 0 Å². The third-order valence-corrected chi connectivity index (χ3v) is 1.63. The van der Waals surface area contributed by atoms with Crippen molar-refractivity contribution >= 4 is 5.97 Å². The van der Waals surface area contributed by atoms with E-state index >= 15 is 0 Å². The van der Waals surface area contributed by atoms with E-state index in [1.165, 1.54) is 6.92 Å². The van der Waals surface area contributed by atoms with Gasteiger partial charge in [0.1, 0.15) is 6.67 Å². The van der Waals surface area contributed by atoms with Crippen molar-refractivity contribution in [3.05, 3.63) is 0 Å². The standard InChI is InChI=1S/C7H11FO4/c1-4(9)11-6-2-5(3-8)12-7(6)10/h5-7,10H,2-3H2,1H3/t5-,6+,7-/m0/s1. The van der Waals surface area contributed by atoms with E-state index in [0.29, 0.717) is 0 Å². The molecule has 4 nitrogen and oxygen atoms in total. The number of halogens is 1. The van der Waals surface area contributed by atoms with Gasteiger partial charge in [-0.05, 0) is 0 Å². The van der Waals surface area contributed by atoms with Crippen molar-refractivity contribution in [1.82, 2.24) is 0 Å². The van der Waals surface area contributed by atoms with E-state index in [1.54, 1.807) is 0 Å². The van der Waals surface area contributed by atoms with Gasteiger partial charge in [0.05, 0.1) is 6.10 Å². The van der Waals surface area contributed by atoms with Gasteiger partial charge in [-0.3, -0.25) is 4.79 Å². The molecule has 0 bridgehead atoms. The van der Waals surface area contributed by atoms with E-state index < -0.39 is 31.1 Å². The third-order valence-electron chi connectivity index (χ3n) is 1.63. The molecule has 0 saturated carbocycles. The second-order valence-electron chi connectivity index (χ2n) is 2.69. The van der Waals surface area contributed by atoms with Crippen LogP contribution in [-0.4, -0.2) is 36.2 Å². The smallest absolute Gasteiger partial charge is 0.303 e. The Hall–Kier alpha value is -0.680. The van der Waals surface area contributed by atoms with Gasteiger partial charge in [0, 0.05) is 13.3 Å². The van der Waals surface area contributed by atoms with Crippen LogP contribution >= 0.6 is 0 Å². The van der Waals surface area contributed by atoms with Crippen LogP contribution in [0, 0.1) is 0 Å². The number of ether oxygens (including phenoxy) is 2. The zero-order chi connectivity index (χ0) is 9.14. The van der Waals surface area contributed by atoms with Crippen molar-refractivity contribution < 1.29 is 23.8 Å². The highest BCUT2D eigenvalue weighted by atomic mass is 19.1. The highest BCUT2D eigenvalue weighted by Gasteiger charge is 2.35. The number of carbonyl (C=O) groups is 1. The first-order chi connectivity index (χ1) is 5.63. The summed E-state index contributed by atoms with van der Waals surface area (Å²) in [5, 5.41) is 9.07. The average Bonchev–Trinajstić information content (AvgIpc) is 2.31. The molecule has 0 aromatic carbocycles. The molecule has 0 spiro atoms. The van der Waals surface area contributed by atoms with Crippen LogP contribution in [0.5, 0.6) is 0 Å². The summed E-state index contributed by atoms with van der Waals surface area (Å²) in [6.07, 6.45) is -2.33. The first kappa shape index (κ1) is 9.41. The first-order valence-electron chi connectivity index (χ1n) is 3.70. The molecule has 1 rings (SSSR count). The molecule has 1 N–H and O–H groups in total. The van der Waals surface area contributed by atoms with Crippen LogP contribution in [0.4, 0.5) is 4.39 Å². The van der Waals surface area contributed by atoms with Crippen LogP contribution in [0.3, 0.4) is 0 Å². The fourth-order valence-electron chi connectivity index (χ4n) is 1.13. The zero-order valence-electron chi connectivity index (χ0n) is 6.70. The minimum absolute atomic E-state index is 0.219. The maximum absolute atomic E-state index is 12.0. The maximum atomic E-state index is 12.0. The van der Waals surface area contributed by atoms with E-state index in [1.807, 2.05) is 0 Å². The van der Waals surface area contributed by atoms with E-state index in [-0.39, 0.29) is 6.42 Å². The van der Waals surface area contributed by atoms with E-state index in [9.17, 15) is 9.18 Å². The number of hydrogen-bond acceptors (Lipinski definition) is 4. The molecule has 0 radical (unpaired) electrons. The number of hydrogen-bond donors (Lipinski definition) is 1. The van der Waals surface area contributed by atoms with Gasteiger partial charge in [-0.15, -0.1) is 0 Å². The Morgan fingerprint density at radius 3 is 2.92 bits per heavy atom. The van der Waals surface area contributed by atoms with Crippen LogP contribution in [0.15, 0.2) is 0 Å². The Morgan fingerprint density at radius 1 is 1.83 bits per heavy atom. The molecule has 1 aliphatic rings. The molecule has 0 amide bonds. The average molecular weight is 178 g/mol. The largest absolute Gasteiger partial charge is 0.457 e. The van der Waals surface area contributed by atoms with Crippen LogP contribution in [0.25, 0.3) is 0 Å². The number of rotatable bonds is 2. The van der Waals surface area contributed by atoms with Gasteiger partial charge in [0.2, 0.25) is 0 Å². The van der Waals surface area contributed by atoms with Gasteiger partial charge in [-0.25, -0.2) is 4.39 Å². The van der Waals surface area contributed by atoms with Gasteiger partial charge < -0.3 is 14.6 Å². The Labute approximate surface area is 69.3 Å². The number of alkyl halides is 1. The highest BCUT2D eigenvalue weighted by Crippen LogP contribution is 2.21. The SMILES string of the molecule is CC(=O)O[C@@H]1C[C@@H](CF)O[C@@H]1O. The number of aliphatic hydroxyl groups is 1. The molecule has 0 aliphatic carbocycles. The summed E-state index contributed by atoms with van der Waals surface area (Å²) in [5.74, 6) is -0.498. The molecule has 1 heterocycles. The number of carbonyl (C=O) groups excluding carboxylic acids is 1. The van der Waals surface area contributed by atoms with Gasteiger partial charge in [0.25, 0.3) is 0 Å². The molecular weight excluding hydrogens is 167 g/mol. The lowest BCUT2D eigenvalue weighted by Crippen LogP contribution is -2.25. The summed E-state index contributed by atoms with van der Waals surface area (Å²) in [4.78, 5) is 10.5. The van der Waals surface area contributed by atoms with Crippen LogP contribution in [0.1, 0.15) is 13.3 Å². The van der Waals surface area contributed by atoms with Crippen LogP contribution in [-0.2, 0) is 14.3 Å². The monoisotopic (exact) mass is 178 g/mol. The first-order valence-corrected chi connectivity index (χ1v) is 3.70. The maximum Gasteiger partial charge on any atom is 0.303 e. The summed E-state index contributed by atoms with van der Waals surface area (Å²) in [6, 6.07) is 0. The zero-order valence-corrected chi connectivity index (χ0v) is 6.70. The lowest BCUT2D eigenvalue weighted by Gasteiger charge is -2.11. The van der Waals surface area contributed by atoms with Gasteiger partial charge in [0.15, 0.2) is 12.4 Å². The van der Waals surface area contributed by atoms with Gasteiger partial charge in [-0.2, -0.15) is 0 Å². The number of aliphatic hydroxyl groups excluding tert-OH is 1. The minimum atomic E-state index is -1.19. The van der Waals surface area contributed by atoms with Crippen LogP contribution in [0.2, 0.25) is 0 Å². The third kappa shape index (κ3) is 2.15. The molecule has 1 aliphatic heterocycles. The van der Waals surface area contributed by atoms with E-state index in [2.05, 4.69) is 4.74 Å². The normalized spacial score (nSPS) is 35.1. The van der Waals surface area contributed by atoms with E-state index in [4.69, 9.17) is 9.84 Å². The molecule has 0 unspecified atom stereocenters. The van der Waals surface area contributed by atoms with Crippen LogP contribution < -0.4 is 0 Å². The lowest BCUT2D eigenvalue weighted by atomic mass is 10.2. The van der Waals surface area contributed by atoms with Gasteiger partial charge >= 0.3 is 5.97 Å². The summed E-state index contributed by atoms with van der Waals surface area (Å²) in [6.45, 7) is 0.560. The molecule has 0 aromatic rings. The molecular formula is C7H11FO4. The van der Waals surface area contributed by atoms with Crippen molar-refractivity contribution in [2.24, 2.45) is 0 Å². The Bertz CT molecular complexity index is 173. The quantitative estimate of drug-likeness (QED) is 0.604. The summed E-state index contributed by atoms with van der Waals surface area (Å²) < 4.78 is 21.4. The molecule has 70 valence electrons. The van der Waals surface area contributed by atoms with Gasteiger partial charge in [-0.1, -0.05) is 0 Å². The number of esters is 1. The molecule has 12 heavy (non-hydrogen) atoms. The topological polar surface area (TPSA) is 55.8 Å². The van der Waals surface area contributed by atoms with Crippen molar-refractivity contribution in [3.63, 3.8) is 0 Å². The summed E-state index contributed by atoms with van der Waals surface area (Å²) >= 11 is 0. The highest BCUT2D eigenvalue weighted by molar-refractivity contribution is 5.66. The predicted molar refractivity (Wildman–Crippen MR) is 37.0 cm³/mol. The molecule has 5 heteroatoms. The Kier molecular flexibility index (Phi) is 2.99. The second-order valence-corrected chi connectivity index (χ2v) is 2.69. The van der Waals surface area contributed by atoms with Crippen molar-refractivity contribution in [1.29, 1.82) is 0 Å². The predicted octanol–water partition coefficient (Wildman–Crippen LogP) is -0.00510. The van der Waals surface area contributed by atoms with Crippen molar-refractivity contribution in [2.75, 3.05) is 6.67 Å². The molecule has 1 saturated heterocycles. The second kappa shape index (κ2) is 3.82. The molecule has 1 fully saturated rings. The fourth-order valence-corrected chi connectivity index (χ4v) is 1.13. The van der Waals surface area contributed by atoms with Crippen molar-refractivity contribution in [2.45, 2.75) is 31.8 Å². The summed E-state index contributed by atoms with van der Waals surface area (Å²) in [7, 11) is 0. The summed E-state index contributed by atoms with van der Waals surface area (Å²) in [5.41, 5.74) is 0.